The molecule has 106 heavy (non-hydrogen) atoms. The lowest BCUT2D eigenvalue weighted by Crippen LogP contribution is -2.04. The molecule has 0 radical (unpaired) electrons. The maximum Gasteiger partial charge on any atom is 0.248 e. The number of aromatic nitrogens is 2. The fraction of sp³-hybridized carbons (Fsp3) is 0.103. The third-order valence-corrected chi connectivity index (χ3v) is 17.0. The summed E-state index contributed by atoms with van der Waals surface area (Å²) in [7, 11) is 12.8. The summed E-state index contributed by atoms with van der Waals surface area (Å²) in [6.07, 6.45) is 0. The van der Waals surface area contributed by atoms with E-state index in [4.69, 9.17) is 37.9 Å². The number of hydrogen-bond acceptors (Lipinski definition) is 16. The van der Waals surface area contributed by atoms with Crippen LogP contribution in [-0.4, -0.2) is 97.5 Å². The number of aryl methyl sites for hydroxylation is 1. The number of pyridine rings is 2. The fourth-order valence-corrected chi connectivity index (χ4v) is 11.6. The molecule has 16 rings (SSSR count). The van der Waals surface area contributed by atoms with E-state index in [0.29, 0.717) is 34.5 Å². The highest BCUT2D eigenvalue weighted by Gasteiger charge is 2.11. The van der Waals surface area contributed by atoms with Crippen molar-refractivity contribution in [3.63, 3.8) is 0 Å². The van der Waals surface area contributed by atoms with Gasteiger partial charge >= 0.3 is 0 Å². The number of benzene rings is 14. The topological polar surface area (TPSA) is 261 Å². The lowest BCUT2D eigenvalue weighted by molar-refractivity contribution is 0.355. The number of phenols is 6. The normalized spacial score (nSPS) is 10.3. The van der Waals surface area contributed by atoms with E-state index < -0.39 is 0 Å². The highest BCUT2D eigenvalue weighted by Crippen LogP contribution is 2.38. The van der Waals surface area contributed by atoms with Gasteiger partial charge in [-0.1, -0.05) is 107 Å². The van der Waals surface area contributed by atoms with E-state index in [1.54, 1.807) is 136 Å². The Hall–Kier alpha value is -13.3. The molecule has 0 atom stereocenters. The van der Waals surface area contributed by atoms with Crippen LogP contribution in [0, 0.1) is 6.92 Å². The number of aromatic hydroxyl groups is 6. The molecule has 14 aromatic carbocycles. The highest BCUT2D eigenvalue weighted by atomic mass is 79.9. The van der Waals surface area contributed by atoms with E-state index in [1.165, 1.54) is 6.07 Å². The lowest BCUT2D eigenvalue weighted by atomic mass is 10.1. The van der Waals surface area contributed by atoms with Gasteiger partial charge in [0, 0.05) is 54.6 Å². The molecular weight excluding hydrogens is 1410 g/mol. The largest absolute Gasteiger partial charge is 0.508 e. The van der Waals surface area contributed by atoms with Crippen molar-refractivity contribution in [2.24, 2.45) is 0 Å². The van der Waals surface area contributed by atoms with Crippen LogP contribution in [0.5, 0.6) is 80.5 Å². The zero-order valence-corrected chi connectivity index (χ0v) is 61.1. The Morgan fingerprint density at radius 2 is 0.670 bits per heavy atom. The SMILES string of the molecule is COc1cc2ccc(O)cc2cc1OC.COc1cc2cccc(O)c2cc1OC.COc1ccc(OC)c2cc(O)ccc12.COc1ccc2c(O)cccc2c1.COc1ccc2cc(O)ccc2c1.Cc1cc(=O)[nH]c2ccccc12.O=c1ccc2ccccc2[nH]1.Oc1ccc2cc(Br)ccc2c1. The van der Waals surface area contributed by atoms with Gasteiger partial charge in [-0.25, -0.2) is 0 Å². The van der Waals surface area contributed by atoms with Gasteiger partial charge in [0.2, 0.25) is 11.1 Å². The van der Waals surface area contributed by atoms with Gasteiger partial charge in [0.1, 0.15) is 57.5 Å². The van der Waals surface area contributed by atoms with E-state index in [9.17, 15) is 40.2 Å². The summed E-state index contributed by atoms with van der Waals surface area (Å²) in [5.41, 5.74) is 2.73. The molecule has 0 unspecified atom stereocenters. The molecule has 0 bridgehead atoms. The Morgan fingerprint density at radius 1 is 0.264 bits per heavy atom. The molecule has 19 heteroatoms. The number of rotatable bonds is 8. The first-order chi connectivity index (χ1) is 51.2. The van der Waals surface area contributed by atoms with Crippen LogP contribution in [0.25, 0.3) is 86.4 Å². The first-order valence-corrected chi connectivity index (χ1v) is 33.6. The smallest absolute Gasteiger partial charge is 0.248 e. The van der Waals surface area contributed by atoms with E-state index in [2.05, 4.69) is 25.9 Å². The van der Waals surface area contributed by atoms with Crippen LogP contribution >= 0.6 is 15.9 Å². The predicted molar refractivity (Wildman–Crippen MR) is 428 cm³/mol. The number of phenolic OH excluding ortho intramolecular Hbond substituents is 6. The first kappa shape index (κ1) is 76.9. The first-order valence-electron chi connectivity index (χ1n) is 32.9. The van der Waals surface area contributed by atoms with Crippen molar-refractivity contribution in [2.75, 3.05) is 56.9 Å². The molecule has 16 aromatic rings. The Kier molecular flexibility index (Phi) is 26.9. The number of nitrogens with one attached hydrogen (secondary N) is 2. The van der Waals surface area contributed by atoms with Crippen molar-refractivity contribution < 1.29 is 68.5 Å². The maximum absolute atomic E-state index is 11.0. The van der Waals surface area contributed by atoms with Gasteiger partial charge in [-0.2, -0.15) is 0 Å². The molecule has 18 nitrogen and oxygen atoms in total. The van der Waals surface area contributed by atoms with Crippen molar-refractivity contribution in [3.8, 4) is 80.5 Å². The number of aromatic amines is 2. The minimum atomic E-state index is -0.0521. The molecule has 0 aliphatic rings. The van der Waals surface area contributed by atoms with E-state index >= 15 is 0 Å². The van der Waals surface area contributed by atoms with Crippen LogP contribution in [0.1, 0.15) is 5.56 Å². The molecule has 0 amide bonds. The van der Waals surface area contributed by atoms with Gasteiger partial charge in [0.25, 0.3) is 0 Å². The molecule has 0 aliphatic heterocycles. The Bertz CT molecular complexity index is 5750. The van der Waals surface area contributed by atoms with Crippen LogP contribution in [0.2, 0.25) is 0 Å². The van der Waals surface area contributed by atoms with Crippen LogP contribution in [0.4, 0.5) is 0 Å². The van der Waals surface area contributed by atoms with Gasteiger partial charge in [0.05, 0.1) is 56.9 Å². The Labute approximate surface area is 619 Å². The van der Waals surface area contributed by atoms with Crippen molar-refractivity contribution >= 4 is 102 Å². The third kappa shape index (κ3) is 20.3. The van der Waals surface area contributed by atoms with E-state index in [0.717, 1.165) is 119 Å². The minimum absolute atomic E-state index is 0.0359. The van der Waals surface area contributed by atoms with Crippen molar-refractivity contribution in [1.29, 1.82) is 0 Å². The second kappa shape index (κ2) is 37.1. The van der Waals surface area contributed by atoms with Gasteiger partial charge in [-0.3, -0.25) is 9.59 Å². The number of para-hydroxylation sites is 2. The number of hydrogen-bond donors (Lipinski definition) is 8. The van der Waals surface area contributed by atoms with Crippen LogP contribution in [0.15, 0.2) is 281 Å². The van der Waals surface area contributed by atoms with Crippen molar-refractivity contribution in [1.82, 2.24) is 9.97 Å². The summed E-state index contributed by atoms with van der Waals surface area (Å²) >= 11 is 3.39. The Morgan fingerprint density at radius 3 is 1.27 bits per heavy atom. The molecule has 0 fully saturated rings. The molecule has 0 aliphatic carbocycles. The second-order valence-corrected chi connectivity index (χ2v) is 24.3. The summed E-state index contributed by atoms with van der Waals surface area (Å²) in [4.78, 5) is 27.4. The minimum Gasteiger partial charge on any atom is -0.508 e. The molecule has 0 saturated heterocycles. The number of halogens is 1. The van der Waals surface area contributed by atoms with Crippen LogP contribution in [-0.2, 0) is 0 Å². The zero-order chi connectivity index (χ0) is 75.8. The van der Waals surface area contributed by atoms with Crippen LogP contribution < -0.4 is 49.0 Å². The number of methoxy groups -OCH3 is 8. The van der Waals surface area contributed by atoms with E-state index in [-0.39, 0.29) is 34.1 Å². The van der Waals surface area contributed by atoms with Crippen molar-refractivity contribution in [2.45, 2.75) is 6.92 Å². The summed E-state index contributed by atoms with van der Waals surface area (Å²) in [5, 5.41) is 70.0. The number of fused-ring (bicyclic) bond motifs is 8. The van der Waals surface area contributed by atoms with Gasteiger partial charge < -0.3 is 78.5 Å². The average Bonchev–Trinajstić information content (AvgIpc) is 0.811. The molecule has 0 saturated carbocycles. The average molecular weight is 1490 g/mol. The molecular formula is C87H79BrN2O16. The standard InChI is InChI=1S/3C12H12O3.2C11H10O2.C10H7BrO.C10H9NO.C9H7NO/c1-14-11-6-8-3-4-10(13)5-9(8)7-12(11)15-2;1-14-11-5-6-12(15-2)10-7-8(13)3-4-9(10)11;1-14-11-6-8-4-3-5-10(13)9(8)7-12(11)15-2;1-13-11-5-3-8-6-10(12)4-2-9(8)7-11;1-13-9-5-6-10-8(7-9)3-2-4-11(10)12;11-9-3-1-8-6-10(12)4-2-7(8)5-9;1-7-6-10(12)11-9-5-3-2-4-8(7)9;11-9-6-5-7-3-1-2-4-8(7)10-9/h3*3-7,13H,1-2H3;2*2-7,12H,1H3;1-6,12H;2-6H,1H3,(H,11,12);1-6H,(H,10,11). The zero-order valence-electron chi connectivity index (χ0n) is 59.5. The lowest BCUT2D eigenvalue weighted by Gasteiger charge is -2.09. The monoisotopic (exact) mass is 1490 g/mol. The molecule has 2 aromatic heterocycles. The Balaban J connectivity index is 0.000000140. The van der Waals surface area contributed by atoms with Gasteiger partial charge in [-0.05, 0) is 225 Å². The third-order valence-electron chi connectivity index (χ3n) is 16.5. The highest BCUT2D eigenvalue weighted by molar-refractivity contribution is 9.10. The van der Waals surface area contributed by atoms with Gasteiger partial charge in [0.15, 0.2) is 23.0 Å². The van der Waals surface area contributed by atoms with Crippen LogP contribution in [0.3, 0.4) is 0 Å². The molecule has 0 spiro atoms. The summed E-state index contributed by atoms with van der Waals surface area (Å²) in [6.45, 7) is 1.94. The number of H-pyrrole nitrogens is 2. The quantitative estimate of drug-likeness (QED) is 0.0703. The summed E-state index contributed by atoms with van der Waals surface area (Å²) in [6, 6.07) is 80.4. The number of ether oxygens (including phenoxy) is 8. The second-order valence-electron chi connectivity index (χ2n) is 23.4. The maximum atomic E-state index is 11.0. The molecule has 2 heterocycles. The van der Waals surface area contributed by atoms with E-state index in [1.807, 2.05) is 189 Å². The summed E-state index contributed by atoms with van der Waals surface area (Å²) < 4.78 is 42.4. The van der Waals surface area contributed by atoms with Crippen molar-refractivity contribution in [3.05, 3.63) is 298 Å². The van der Waals surface area contributed by atoms with Gasteiger partial charge in [-0.15, -0.1) is 0 Å². The molecule has 540 valence electrons. The summed E-state index contributed by atoms with van der Waals surface area (Å²) in [5.74, 6) is 7.37. The fourth-order valence-electron chi connectivity index (χ4n) is 11.2. The molecule has 8 N–H and O–H groups in total. The predicted octanol–water partition coefficient (Wildman–Crippen LogP) is 19.5.